The van der Waals surface area contributed by atoms with Gasteiger partial charge in [0.05, 0.1) is 21.7 Å². The van der Waals surface area contributed by atoms with E-state index in [2.05, 4.69) is 5.32 Å². The molecule has 1 amide bonds. The monoisotopic (exact) mass is 341 g/mol. The quantitative estimate of drug-likeness (QED) is 0.808. The molecule has 0 aliphatic carbocycles. The highest BCUT2D eigenvalue weighted by Gasteiger charge is 2.14. The maximum atomic E-state index is 13.4. The molecule has 22 heavy (non-hydrogen) atoms. The molecule has 3 nitrogen and oxygen atoms in total. The molecule has 0 spiro atoms. The Labute approximate surface area is 137 Å². The number of hydrogen-bond acceptors (Lipinski definition) is 2. The third-order valence-electron chi connectivity index (χ3n) is 3.14. The standard InChI is InChI=1S/C16H14Cl2FNO2/c17-12-9-13(18)14(19)8-11(12)16(22)20-7-6-15(21)10-4-2-1-3-5-10/h1-5,8-9,15,21H,6-7H2,(H,20,22). The van der Waals surface area contributed by atoms with Crippen LogP contribution in [0, 0.1) is 5.82 Å². The highest BCUT2D eigenvalue weighted by molar-refractivity contribution is 6.36. The molecular weight excluding hydrogens is 328 g/mol. The minimum atomic E-state index is -0.708. The first kappa shape index (κ1) is 16.7. The van der Waals surface area contributed by atoms with Gasteiger partial charge < -0.3 is 10.4 Å². The van der Waals surface area contributed by atoms with Crippen LogP contribution in [-0.4, -0.2) is 17.6 Å². The molecule has 0 aromatic heterocycles. The Morgan fingerprint density at radius 1 is 1.18 bits per heavy atom. The summed E-state index contributed by atoms with van der Waals surface area (Å²) in [6.07, 6.45) is -0.345. The number of halogens is 3. The lowest BCUT2D eigenvalue weighted by Crippen LogP contribution is -2.26. The first-order valence-corrected chi connectivity index (χ1v) is 7.40. The van der Waals surface area contributed by atoms with E-state index in [4.69, 9.17) is 23.2 Å². The molecular formula is C16H14Cl2FNO2. The van der Waals surface area contributed by atoms with Crippen molar-refractivity contribution in [2.75, 3.05) is 6.54 Å². The highest BCUT2D eigenvalue weighted by Crippen LogP contribution is 2.24. The molecule has 0 aliphatic rings. The van der Waals surface area contributed by atoms with Crippen LogP contribution in [0.2, 0.25) is 10.0 Å². The highest BCUT2D eigenvalue weighted by atomic mass is 35.5. The first-order valence-electron chi connectivity index (χ1n) is 6.65. The molecule has 1 atom stereocenters. The number of carbonyl (C=O) groups excluding carboxylic acids is 1. The van der Waals surface area contributed by atoms with E-state index in [0.717, 1.165) is 11.6 Å². The molecule has 1 unspecified atom stereocenters. The van der Waals surface area contributed by atoms with Crippen molar-refractivity contribution in [2.45, 2.75) is 12.5 Å². The molecule has 2 aromatic rings. The summed E-state index contributed by atoms with van der Waals surface area (Å²) >= 11 is 11.5. The van der Waals surface area contributed by atoms with Crippen molar-refractivity contribution in [1.82, 2.24) is 5.32 Å². The van der Waals surface area contributed by atoms with E-state index in [-0.39, 0.29) is 22.2 Å². The lowest BCUT2D eigenvalue weighted by Gasteiger charge is -2.12. The fraction of sp³-hybridized carbons (Fsp3) is 0.188. The van der Waals surface area contributed by atoms with Gasteiger partial charge in [-0.2, -0.15) is 0 Å². The molecule has 0 saturated heterocycles. The summed E-state index contributed by atoms with van der Waals surface area (Å²) in [5.74, 6) is -1.22. The van der Waals surface area contributed by atoms with Gasteiger partial charge in [0.15, 0.2) is 0 Å². The molecule has 116 valence electrons. The van der Waals surface area contributed by atoms with E-state index < -0.39 is 17.8 Å². The van der Waals surface area contributed by atoms with Crippen LogP contribution < -0.4 is 5.32 Å². The molecule has 2 aromatic carbocycles. The first-order chi connectivity index (χ1) is 10.5. The Hall–Kier alpha value is -1.62. The molecule has 6 heteroatoms. The molecule has 0 aliphatic heterocycles. The van der Waals surface area contributed by atoms with E-state index >= 15 is 0 Å². The SMILES string of the molecule is O=C(NCCC(O)c1ccccc1)c1cc(F)c(Cl)cc1Cl. The van der Waals surface area contributed by atoms with Crippen LogP contribution in [0.15, 0.2) is 42.5 Å². The van der Waals surface area contributed by atoms with Crippen LogP contribution in [-0.2, 0) is 0 Å². The van der Waals surface area contributed by atoms with Crippen LogP contribution in [0.25, 0.3) is 0 Å². The van der Waals surface area contributed by atoms with Gasteiger partial charge in [-0.05, 0) is 24.1 Å². The second kappa shape index (κ2) is 7.58. The fourth-order valence-electron chi connectivity index (χ4n) is 1.96. The Balaban J connectivity index is 1.92. The molecule has 0 radical (unpaired) electrons. The number of aliphatic hydroxyl groups is 1. The van der Waals surface area contributed by atoms with Crippen molar-refractivity contribution in [3.63, 3.8) is 0 Å². The smallest absolute Gasteiger partial charge is 0.252 e. The van der Waals surface area contributed by atoms with Gasteiger partial charge >= 0.3 is 0 Å². The average molecular weight is 342 g/mol. The Morgan fingerprint density at radius 2 is 1.86 bits per heavy atom. The summed E-state index contributed by atoms with van der Waals surface area (Å²) in [6.45, 7) is 0.232. The maximum Gasteiger partial charge on any atom is 0.252 e. The number of hydrogen-bond donors (Lipinski definition) is 2. The second-order valence-electron chi connectivity index (χ2n) is 4.72. The van der Waals surface area contributed by atoms with Crippen LogP contribution >= 0.6 is 23.2 Å². The zero-order valence-electron chi connectivity index (χ0n) is 11.5. The number of rotatable bonds is 5. The average Bonchev–Trinajstić information content (AvgIpc) is 2.51. The van der Waals surface area contributed by atoms with Gasteiger partial charge in [-0.1, -0.05) is 53.5 Å². The predicted molar refractivity (Wildman–Crippen MR) is 84.8 cm³/mol. The second-order valence-corrected chi connectivity index (χ2v) is 5.53. The zero-order valence-corrected chi connectivity index (χ0v) is 13.0. The topological polar surface area (TPSA) is 49.3 Å². The summed E-state index contributed by atoms with van der Waals surface area (Å²) < 4.78 is 13.4. The summed E-state index contributed by atoms with van der Waals surface area (Å²) in [6, 6.07) is 11.3. The largest absolute Gasteiger partial charge is 0.388 e. The van der Waals surface area contributed by atoms with Gasteiger partial charge in [0.1, 0.15) is 5.82 Å². The third-order valence-corrected chi connectivity index (χ3v) is 3.74. The third kappa shape index (κ3) is 4.19. The lowest BCUT2D eigenvalue weighted by atomic mass is 10.1. The van der Waals surface area contributed by atoms with Gasteiger partial charge in [-0.3, -0.25) is 4.79 Å². The van der Waals surface area contributed by atoms with Gasteiger partial charge in [0, 0.05) is 6.54 Å². The maximum absolute atomic E-state index is 13.4. The molecule has 0 fully saturated rings. The van der Waals surface area contributed by atoms with Gasteiger partial charge in [-0.15, -0.1) is 0 Å². The summed E-state index contributed by atoms with van der Waals surface area (Å²) in [4.78, 5) is 12.0. The van der Waals surface area contributed by atoms with Crippen molar-refractivity contribution in [1.29, 1.82) is 0 Å². The molecule has 0 heterocycles. The molecule has 0 bridgehead atoms. The molecule has 2 rings (SSSR count). The number of carbonyl (C=O) groups is 1. The van der Waals surface area contributed by atoms with Crippen LogP contribution in [0.1, 0.15) is 28.4 Å². The van der Waals surface area contributed by atoms with E-state index in [1.165, 1.54) is 6.07 Å². The van der Waals surface area contributed by atoms with Crippen LogP contribution in [0.3, 0.4) is 0 Å². The van der Waals surface area contributed by atoms with Crippen molar-refractivity contribution in [3.05, 3.63) is 69.5 Å². The fourth-order valence-corrected chi connectivity index (χ4v) is 2.43. The van der Waals surface area contributed by atoms with Crippen molar-refractivity contribution in [2.24, 2.45) is 0 Å². The minimum Gasteiger partial charge on any atom is -0.388 e. The van der Waals surface area contributed by atoms with Gasteiger partial charge in [0.2, 0.25) is 0 Å². The normalized spacial score (nSPS) is 12.0. The van der Waals surface area contributed by atoms with E-state index in [9.17, 15) is 14.3 Å². The molecule has 0 saturated carbocycles. The Morgan fingerprint density at radius 3 is 2.55 bits per heavy atom. The predicted octanol–water partition coefficient (Wildman–Crippen LogP) is 3.99. The summed E-state index contributed by atoms with van der Waals surface area (Å²) in [5.41, 5.74) is 0.782. The van der Waals surface area contributed by atoms with E-state index in [1.807, 2.05) is 18.2 Å². The Kier molecular flexibility index (Phi) is 5.77. The molecule has 2 N–H and O–H groups in total. The number of aliphatic hydroxyl groups excluding tert-OH is 1. The minimum absolute atomic E-state index is 0.0118. The van der Waals surface area contributed by atoms with E-state index in [1.54, 1.807) is 12.1 Å². The van der Waals surface area contributed by atoms with Crippen LogP contribution in [0.5, 0.6) is 0 Å². The summed E-state index contributed by atoms with van der Waals surface area (Å²) in [7, 11) is 0. The summed E-state index contributed by atoms with van der Waals surface area (Å²) in [5, 5.41) is 12.5. The Bertz CT molecular complexity index is 665. The zero-order chi connectivity index (χ0) is 16.1. The van der Waals surface area contributed by atoms with Gasteiger partial charge in [0.25, 0.3) is 5.91 Å². The number of amides is 1. The van der Waals surface area contributed by atoms with Crippen molar-refractivity contribution >= 4 is 29.1 Å². The number of nitrogens with one attached hydrogen (secondary N) is 1. The van der Waals surface area contributed by atoms with E-state index in [0.29, 0.717) is 6.42 Å². The van der Waals surface area contributed by atoms with Crippen molar-refractivity contribution < 1.29 is 14.3 Å². The number of benzene rings is 2. The van der Waals surface area contributed by atoms with Crippen molar-refractivity contribution in [3.8, 4) is 0 Å². The van der Waals surface area contributed by atoms with Gasteiger partial charge in [-0.25, -0.2) is 4.39 Å². The lowest BCUT2D eigenvalue weighted by molar-refractivity contribution is 0.0942. The van der Waals surface area contributed by atoms with Crippen LogP contribution in [0.4, 0.5) is 4.39 Å².